The lowest BCUT2D eigenvalue weighted by atomic mass is 10.1. The first-order valence-corrected chi connectivity index (χ1v) is 10.1. The van der Waals surface area contributed by atoms with Crippen molar-refractivity contribution in [2.24, 2.45) is 0 Å². The first-order valence-electron chi connectivity index (χ1n) is 9.65. The zero-order valence-electron chi connectivity index (χ0n) is 17.7. The van der Waals surface area contributed by atoms with E-state index in [9.17, 15) is 14.4 Å². The number of hydrogen-bond donors (Lipinski definition) is 4. The van der Waals surface area contributed by atoms with E-state index in [2.05, 4.69) is 21.5 Å². The predicted octanol–water partition coefficient (Wildman–Crippen LogP) is 2.30. The van der Waals surface area contributed by atoms with Gasteiger partial charge in [0.25, 0.3) is 0 Å². The van der Waals surface area contributed by atoms with E-state index >= 15 is 0 Å². The molecule has 0 aliphatic heterocycles. The highest BCUT2D eigenvalue weighted by atomic mass is 32.1. The molecule has 0 saturated carbocycles. The van der Waals surface area contributed by atoms with Gasteiger partial charge >= 0.3 is 0 Å². The second kappa shape index (κ2) is 11.7. The minimum Gasteiger partial charge on any atom is -0.497 e. The van der Waals surface area contributed by atoms with Gasteiger partial charge in [0, 0.05) is 18.5 Å². The molecule has 9 heteroatoms. The molecule has 2 rings (SSSR count). The molecular formula is C22H26N4O4S. The van der Waals surface area contributed by atoms with Crippen LogP contribution in [0.15, 0.2) is 42.5 Å². The first-order chi connectivity index (χ1) is 14.8. The van der Waals surface area contributed by atoms with Crippen LogP contribution in [0.3, 0.4) is 0 Å². The molecule has 0 spiro atoms. The van der Waals surface area contributed by atoms with Crippen molar-refractivity contribution in [2.45, 2.75) is 33.1 Å². The van der Waals surface area contributed by atoms with E-state index in [0.717, 1.165) is 22.4 Å². The molecule has 0 aromatic heterocycles. The Labute approximate surface area is 186 Å². The topological polar surface area (TPSA) is 109 Å². The number of carbonyl (C=O) groups excluding carboxylic acids is 3. The number of ether oxygens (including phenoxy) is 1. The van der Waals surface area contributed by atoms with Crippen LogP contribution in [0.25, 0.3) is 0 Å². The van der Waals surface area contributed by atoms with Gasteiger partial charge < -0.3 is 15.4 Å². The Kier molecular flexibility index (Phi) is 8.95. The Morgan fingerprint density at radius 1 is 0.903 bits per heavy atom. The number of benzene rings is 2. The molecule has 164 valence electrons. The Hall–Kier alpha value is -3.46. The van der Waals surface area contributed by atoms with Crippen LogP contribution in [0, 0.1) is 13.8 Å². The number of hydrogen-bond acceptors (Lipinski definition) is 5. The molecule has 0 aliphatic carbocycles. The van der Waals surface area contributed by atoms with Crippen molar-refractivity contribution in [3.63, 3.8) is 0 Å². The Bertz CT molecular complexity index is 960. The molecule has 4 N–H and O–H groups in total. The minimum atomic E-state index is -0.428. The lowest BCUT2D eigenvalue weighted by molar-refractivity contribution is -0.124. The third kappa shape index (κ3) is 8.43. The molecule has 2 aromatic carbocycles. The van der Waals surface area contributed by atoms with E-state index in [-0.39, 0.29) is 36.2 Å². The molecule has 0 aliphatic rings. The largest absolute Gasteiger partial charge is 0.497 e. The Balaban J connectivity index is 1.67. The summed E-state index contributed by atoms with van der Waals surface area (Å²) in [5.41, 5.74) is 8.39. The van der Waals surface area contributed by atoms with Crippen molar-refractivity contribution >= 4 is 40.7 Å². The molecule has 31 heavy (non-hydrogen) atoms. The number of rotatable bonds is 7. The number of hydrazine groups is 1. The van der Waals surface area contributed by atoms with Gasteiger partial charge in [0.1, 0.15) is 5.75 Å². The summed E-state index contributed by atoms with van der Waals surface area (Å²) in [6.45, 7) is 3.88. The minimum absolute atomic E-state index is 0.0113. The van der Waals surface area contributed by atoms with Gasteiger partial charge in [-0.1, -0.05) is 29.8 Å². The number of amides is 3. The second-order valence-corrected chi connectivity index (χ2v) is 7.35. The molecule has 2 aromatic rings. The molecule has 0 heterocycles. The lowest BCUT2D eigenvalue weighted by Gasteiger charge is -2.11. The van der Waals surface area contributed by atoms with E-state index in [1.807, 2.05) is 32.0 Å². The molecule has 0 saturated heterocycles. The normalized spacial score (nSPS) is 10.0. The lowest BCUT2D eigenvalue weighted by Crippen LogP contribution is -2.48. The highest BCUT2D eigenvalue weighted by Gasteiger charge is 2.10. The predicted molar refractivity (Wildman–Crippen MR) is 122 cm³/mol. The van der Waals surface area contributed by atoms with E-state index in [0.29, 0.717) is 5.75 Å². The monoisotopic (exact) mass is 442 g/mol. The van der Waals surface area contributed by atoms with Crippen LogP contribution in [0.5, 0.6) is 5.75 Å². The fourth-order valence-corrected chi connectivity index (χ4v) is 2.88. The SMILES string of the molecule is COc1ccc(CC(=O)NC(=S)NNC(=O)CCC(=O)Nc2ccc(C)cc2C)cc1. The summed E-state index contributed by atoms with van der Waals surface area (Å²) in [6, 6.07) is 12.8. The van der Waals surface area contributed by atoms with Crippen LogP contribution in [-0.4, -0.2) is 29.9 Å². The van der Waals surface area contributed by atoms with Crippen LogP contribution < -0.4 is 26.2 Å². The summed E-state index contributed by atoms with van der Waals surface area (Å²) in [5, 5.41) is 5.23. The number of methoxy groups -OCH3 is 1. The van der Waals surface area contributed by atoms with E-state index < -0.39 is 5.91 Å². The standard InChI is InChI=1S/C22H26N4O4S/c1-14-4-9-18(15(2)12-14)23-19(27)10-11-20(28)25-26-22(31)24-21(29)13-16-5-7-17(30-3)8-6-16/h4-9,12H,10-11,13H2,1-3H3,(H,23,27)(H,25,28)(H2,24,26,29,31). The number of carbonyl (C=O) groups is 3. The maximum Gasteiger partial charge on any atom is 0.238 e. The van der Waals surface area contributed by atoms with Crippen molar-refractivity contribution in [2.75, 3.05) is 12.4 Å². The summed E-state index contributed by atoms with van der Waals surface area (Å²) in [7, 11) is 1.57. The molecule has 0 bridgehead atoms. The van der Waals surface area contributed by atoms with Crippen LogP contribution in [-0.2, 0) is 20.8 Å². The fraction of sp³-hybridized carbons (Fsp3) is 0.273. The molecule has 0 fully saturated rings. The van der Waals surface area contributed by atoms with Crippen molar-refractivity contribution in [1.29, 1.82) is 0 Å². The van der Waals surface area contributed by atoms with Crippen molar-refractivity contribution in [3.8, 4) is 5.75 Å². The van der Waals surface area contributed by atoms with Gasteiger partial charge in [-0.15, -0.1) is 0 Å². The maximum absolute atomic E-state index is 12.0. The highest BCUT2D eigenvalue weighted by molar-refractivity contribution is 7.80. The zero-order valence-corrected chi connectivity index (χ0v) is 18.5. The quantitative estimate of drug-likeness (QED) is 0.387. The summed E-state index contributed by atoms with van der Waals surface area (Å²) in [4.78, 5) is 36.0. The van der Waals surface area contributed by atoms with Crippen LogP contribution in [0.4, 0.5) is 5.69 Å². The van der Waals surface area contributed by atoms with Gasteiger partial charge in [-0.25, -0.2) is 0 Å². The van der Waals surface area contributed by atoms with Gasteiger partial charge in [0.15, 0.2) is 5.11 Å². The highest BCUT2D eigenvalue weighted by Crippen LogP contribution is 2.16. The smallest absolute Gasteiger partial charge is 0.238 e. The molecule has 0 unspecified atom stereocenters. The number of aryl methyl sites for hydroxylation is 2. The van der Waals surface area contributed by atoms with Crippen LogP contribution in [0.2, 0.25) is 0 Å². The summed E-state index contributed by atoms with van der Waals surface area (Å²) >= 11 is 4.99. The summed E-state index contributed by atoms with van der Waals surface area (Å²) in [6.07, 6.45) is 0.0991. The molecule has 0 radical (unpaired) electrons. The zero-order chi connectivity index (χ0) is 22.8. The fourth-order valence-electron chi connectivity index (χ4n) is 2.71. The molecule has 3 amide bonds. The van der Waals surface area contributed by atoms with Gasteiger partial charge in [-0.3, -0.25) is 25.2 Å². The van der Waals surface area contributed by atoms with E-state index in [1.54, 1.807) is 31.4 Å². The number of thiocarbonyl (C=S) groups is 1. The van der Waals surface area contributed by atoms with Gasteiger partial charge in [0.2, 0.25) is 17.7 Å². The average Bonchev–Trinajstić information content (AvgIpc) is 2.73. The summed E-state index contributed by atoms with van der Waals surface area (Å²) in [5.74, 6) is -0.323. The Morgan fingerprint density at radius 2 is 1.58 bits per heavy atom. The van der Waals surface area contributed by atoms with Gasteiger partial charge in [0.05, 0.1) is 13.5 Å². The van der Waals surface area contributed by atoms with E-state index in [4.69, 9.17) is 17.0 Å². The van der Waals surface area contributed by atoms with Crippen molar-refractivity contribution in [3.05, 3.63) is 59.2 Å². The first kappa shape index (κ1) is 23.8. The molecule has 0 atom stereocenters. The molecular weight excluding hydrogens is 416 g/mol. The molecule has 8 nitrogen and oxygen atoms in total. The van der Waals surface area contributed by atoms with Crippen molar-refractivity contribution < 1.29 is 19.1 Å². The van der Waals surface area contributed by atoms with Crippen LogP contribution in [0.1, 0.15) is 29.5 Å². The number of anilines is 1. The van der Waals surface area contributed by atoms with Crippen molar-refractivity contribution in [1.82, 2.24) is 16.2 Å². The third-order valence-corrected chi connectivity index (χ3v) is 4.53. The van der Waals surface area contributed by atoms with Gasteiger partial charge in [-0.05, 0) is 55.4 Å². The second-order valence-electron chi connectivity index (χ2n) is 6.94. The summed E-state index contributed by atoms with van der Waals surface area (Å²) < 4.78 is 5.07. The van der Waals surface area contributed by atoms with Crippen LogP contribution >= 0.6 is 12.2 Å². The maximum atomic E-state index is 12.0. The Morgan fingerprint density at radius 3 is 2.23 bits per heavy atom. The third-order valence-electron chi connectivity index (χ3n) is 4.33. The average molecular weight is 443 g/mol. The number of nitrogens with one attached hydrogen (secondary N) is 4. The van der Waals surface area contributed by atoms with Gasteiger partial charge in [-0.2, -0.15) is 0 Å². The van der Waals surface area contributed by atoms with E-state index in [1.165, 1.54) is 0 Å².